The third-order valence-electron chi connectivity index (χ3n) is 3.05. The first-order chi connectivity index (χ1) is 9.99. The number of hydrogen-bond acceptors (Lipinski definition) is 3. The van der Waals surface area contributed by atoms with Crippen LogP contribution in [-0.4, -0.2) is 15.7 Å². The van der Waals surface area contributed by atoms with Crippen LogP contribution in [0.4, 0.5) is 5.69 Å². The van der Waals surface area contributed by atoms with E-state index in [-0.39, 0.29) is 12.6 Å². The molecule has 0 aliphatic rings. The lowest BCUT2D eigenvalue weighted by molar-refractivity contribution is -0.118. The third-order valence-corrected chi connectivity index (χ3v) is 3.79. The van der Waals surface area contributed by atoms with Gasteiger partial charge < -0.3 is 11.1 Å². The molecular formula is C14H16Cl2N4O. The predicted octanol–water partition coefficient (Wildman–Crippen LogP) is 3.24. The van der Waals surface area contributed by atoms with Gasteiger partial charge in [-0.1, -0.05) is 36.2 Å². The molecule has 1 atom stereocenters. The molecule has 1 aromatic heterocycles. The van der Waals surface area contributed by atoms with Crippen molar-refractivity contribution < 1.29 is 4.79 Å². The Balaban J connectivity index is 2.13. The van der Waals surface area contributed by atoms with E-state index in [4.69, 9.17) is 28.9 Å². The molecule has 0 radical (unpaired) electrons. The van der Waals surface area contributed by atoms with Crippen molar-refractivity contribution in [2.45, 2.75) is 25.9 Å². The van der Waals surface area contributed by atoms with Gasteiger partial charge in [-0.05, 0) is 24.1 Å². The molecule has 5 nitrogen and oxygen atoms in total. The maximum Gasteiger partial charge on any atom is 0.239 e. The van der Waals surface area contributed by atoms with Crippen LogP contribution >= 0.6 is 23.2 Å². The average Bonchev–Trinajstić information content (AvgIpc) is 2.86. The Morgan fingerprint density at radius 2 is 2.19 bits per heavy atom. The van der Waals surface area contributed by atoms with Crippen LogP contribution in [0, 0.1) is 0 Å². The SMILES string of the molecule is CCC(Nc1cnn(CC(N)=O)c1)c1ccc(Cl)c(Cl)c1. The normalized spacial score (nSPS) is 12.1. The molecule has 1 amide bonds. The van der Waals surface area contributed by atoms with E-state index < -0.39 is 5.91 Å². The van der Waals surface area contributed by atoms with Gasteiger partial charge in [0, 0.05) is 6.20 Å². The topological polar surface area (TPSA) is 72.9 Å². The second-order valence-corrected chi connectivity index (χ2v) is 5.49. The van der Waals surface area contributed by atoms with Crippen molar-refractivity contribution in [3.05, 3.63) is 46.2 Å². The quantitative estimate of drug-likeness (QED) is 0.855. The molecule has 0 saturated carbocycles. The fraction of sp³-hybridized carbons (Fsp3) is 0.286. The summed E-state index contributed by atoms with van der Waals surface area (Å²) < 4.78 is 1.49. The van der Waals surface area contributed by atoms with E-state index in [2.05, 4.69) is 17.3 Å². The lowest BCUT2D eigenvalue weighted by Gasteiger charge is -2.18. The van der Waals surface area contributed by atoms with Gasteiger partial charge in [0.1, 0.15) is 6.54 Å². The molecule has 0 aliphatic carbocycles. The number of nitrogens with zero attached hydrogens (tertiary/aromatic N) is 2. The summed E-state index contributed by atoms with van der Waals surface area (Å²) in [5.41, 5.74) is 6.99. The summed E-state index contributed by atoms with van der Waals surface area (Å²) >= 11 is 12.0. The number of aromatic nitrogens is 2. The minimum absolute atomic E-state index is 0.0608. The summed E-state index contributed by atoms with van der Waals surface area (Å²) in [5, 5.41) is 8.48. The molecule has 21 heavy (non-hydrogen) atoms. The van der Waals surface area contributed by atoms with Gasteiger partial charge in [-0.3, -0.25) is 9.48 Å². The van der Waals surface area contributed by atoms with E-state index in [9.17, 15) is 4.79 Å². The van der Waals surface area contributed by atoms with E-state index in [0.29, 0.717) is 10.0 Å². The average molecular weight is 327 g/mol. The van der Waals surface area contributed by atoms with Crippen LogP contribution in [0.5, 0.6) is 0 Å². The summed E-state index contributed by atoms with van der Waals surface area (Å²) in [6, 6.07) is 5.63. The zero-order valence-electron chi connectivity index (χ0n) is 11.5. The Morgan fingerprint density at radius 3 is 2.81 bits per heavy atom. The maximum atomic E-state index is 10.9. The molecule has 112 valence electrons. The second-order valence-electron chi connectivity index (χ2n) is 4.67. The highest BCUT2D eigenvalue weighted by molar-refractivity contribution is 6.42. The minimum Gasteiger partial charge on any atom is -0.376 e. The monoisotopic (exact) mass is 326 g/mol. The van der Waals surface area contributed by atoms with Gasteiger partial charge in [0.2, 0.25) is 5.91 Å². The number of carbonyl (C=O) groups is 1. The molecule has 1 heterocycles. The number of anilines is 1. The summed E-state index contributed by atoms with van der Waals surface area (Å²) in [7, 11) is 0. The number of benzene rings is 1. The summed E-state index contributed by atoms with van der Waals surface area (Å²) in [5.74, 6) is -0.429. The van der Waals surface area contributed by atoms with Crippen molar-refractivity contribution in [3.63, 3.8) is 0 Å². The van der Waals surface area contributed by atoms with Crippen LogP contribution < -0.4 is 11.1 Å². The van der Waals surface area contributed by atoms with Crippen LogP contribution in [0.1, 0.15) is 24.9 Å². The van der Waals surface area contributed by atoms with Crippen molar-refractivity contribution in [1.82, 2.24) is 9.78 Å². The number of amides is 1. The minimum atomic E-state index is -0.429. The van der Waals surface area contributed by atoms with E-state index in [1.54, 1.807) is 18.5 Å². The van der Waals surface area contributed by atoms with Gasteiger partial charge >= 0.3 is 0 Å². The molecule has 7 heteroatoms. The molecule has 1 aromatic carbocycles. The fourth-order valence-corrected chi connectivity index (χ4v) is 2.34. The highest BCUT2D eigenvalue weighted by Gasteiger charge is 2.12. The highest BCUT2D eigenvalue weighted by atomic mass is 35.5. The molecule has 3 N–H and O–H groups in total. The van der Waals surface area contributed by atoms with E-state index in [1.807, 2.05) is 12.1 Å². The van der Waals surface area contributed by atoms with E-state index in [1.165, 1.54) is 4.68 Å². The number of rotatable bonds is 6. The Morgan fingerprint density at radius 1 is 1.43 bits per heavy atom. The number of nitrogens with two attached hydrogens (primary N) is 1. The molecule has 2 rings (SSSR count). The molecule has 0 saturated heterocycles. The number of hydrogen-bond donors (Lipinski definition) is 2. The molecule has 2 aromatic rings. The fourth-order valence-electron chi connectivity index (χ4n) is 2.04. The molecule has 1 unspecified atom stereocenters. The Labute approximate surface area is 133 Å². The van der Waals surface area contributed by atoms with Crippen LogP contribution in [0.15, 0.2) is 30.6 Å². The largest absolute Gasteiger partial charge is 0.376 e. The predicted molar refractivity (Wildman–Crippen MR) is 84.5 cm³/mol. The smallest absolute Gasteiger partial charge is 0.239 e. The van der Waals surface area contributed by atoms with E-state index >= 15 is 0 Å². The first-order valence-corrected chi connectivity index (χ1v) is 7.27. The Kier molecular flexibility index (Phi) is 5.09. The van der Waals surface area contributed by atoms with Gasteiger partial charge in [0.05, 0.1) is 28.0 Å². The molecule has 0 aliphatic heterocycles. The number of carbonyl (C=O) groups excluding carboxylic acids is 1. The second kappa shape index (κ2) is 6.83. The zero-order chi connectivity index (χ0) is 15.4. The first kappa shape index (κ1) is 15.7. The lowest BCUT2D eigenvalue weighted by atomic mass is 10.0. The van der Waals surface area contributed by atoms with Crippen molar-refractivity contribution >= 4 is 34.8 Å². The maximum absolute atomic E-state index is 10.9. The lowest BCUT2D eigenvalue weighted by Crippen LogP contribution is -2.18. The van der Waals surface area contributed by atoms with Gasteiger partial charge in [-0.15, -0.1) is 0 Å². The van der Waals surface area contributed by atoms with Crippen LogP contribution in [0.25, 0.3) is 0 Å². The summed E-state index contributed by atoms with van der Waals surface area (Å²) in [6.45, 7) is 2.12. The third kappa shape index (κ3) is 4.12. The Bertz CT molecular complexity index is 642. The first-order valence-electron chi connectivity index (χ1n) is 6.52. The number of nitrogens with one attached hydrogen (secondary N) is 1. The van der Waals surface area contributed by atoms with Crippen molar-refractivity contribution in [2.75, 3.05) is 5.32 Å². The summed E-state index contributed by atoms with van der Waals surface area (Å²) in [4.78, 5) is 10.9. The standard InChI is InChI=1S/C14H16Cl2N4O/c1-2-13(9-3-4-11(15)12(16)5-9)19-10-6-18-20(7-10)8-14(17)21/h3-7,13,19H,2,8H2,1H3,(H2,17,21). The zero-order valence-corrected chi connectivity index (χ0v) is 13.0. The number of halogens is 2. The molecule has 0 bridgehead atoms. The number of primary amides is 1. The van der Waals surface area contributed by atoms with Crippen molar-refractivity contribution in [1.29, 1.82) is 0 Å². The van der Waals surface area contributed by atoms with Gasteiger partial charge in [-0.25, -0.2) is 0 Å². The van der Waals surface area contributed by atoms with Crippen molar-refractivity contribution in [3.8, 4) is 0 Å². The highest BCUT2D eigenvalue weighted by Crippen LogP contribution is 2.28. The summed E-state index contributed by atoms with van der Waals surface area (Å²) in [6.07, 6.45) is 4.26. The van der Waals surface area contributed by atoms with Crippen LogP contribution in [0.2, 0.25) is 10.0 Å². The van der Waals surface area contributed by atoms with Gasteiger partial charge in [-0.2, -0.15) is 5.10 Å². The van der Waals surface area contributed by atoms with E-state index in [0.717, 1.165) is 17.7 Å². The van der Waals surface area contributed by atoms with Gasteiger partial charge in [0.15, 0.2) is 0 Å². The Hall–Kier alpha value is -1.72. The van der Waals surface area contributed by atoms with Crippen LogP contribution in [0.3, 0.4) is 0 Å². The van der Waals surface area contributed by atoms with Crippen molar-refractivity contribution in [2.24, 2.45) is 5.73 Å². The molecule has 0 spiro atoms. The van der Waals surface area contributed by atoms with Crippen LogP contribution in [-0.2, 0) is 11.3 Å². The molecule has 0 fully saturated rings. The van der Waals surface area contributed by atoms with Gasteiger partial charge in [0.25, 0.3) is 0 Å². The molecular weight excluding hydrogens is 311 g/mol.